The number of ether oxygens (including phenoxy) is 2. The highest BCUT2D eigenvalue weighted by atomic mass is 16.6. The Bertz CT molecular complexity index is 215. The van der Waals surface area contributed by atoms with Crippen LogP contribution >= 0.6 is 0 Å². The van der Waals surface area contributed by atoms with Crippen LogP contribution in [0.2, 0.25) is 0 Å². The van der Waals surface area contributed by atoms with Crippen molar-refractivity contribution >= 4 is 11.9 Å². The molecule has 1 unspecified atom stereocenters. The first kappa shape index (κ1) is 12.9. The average Bonchev–Trinajstić information content (AvgIpc) is 2.00. The average molecular weight is 202 g/mol. The van der Waals surface area contributed by atoms with E-state index in [-0.39, 0.29) is 6.61 Å². The van der Waals surface area contributed by atoms with Gasteiger partial charge in [0, 0.05) is 0 Å². The lowest BCUT2D eigenvalue weighted by Crippen LogP contribution is -2.32. The largest absolute Gasteiger partial charge is 0.465 e. The number of carbonyl (C=O) groups excluding carboxylic acids is 2. The monoisotopic (exact) mass is 202 g/mol. The minimum absolute atomic E-state index is 0.270. The van der Waals surface area contributed by atoms with E-state index in [1.807, 2.05) is 0 Å². The van der Waals surface area contributed by atoms with Gasteiger partial charge in [0.05, 0.1) is 6.61 Å². The minimum Gasteiger partial charge on any atom is -0.465 e. The van der Waals surface area contributed by atoms with Crippen LogP contribution in [-0.2, 0) is 19.1 Å². The molecular formula is C10H18O4. The number of carbonyl (C=O) groups is 2. The van der Waals surface area contributed by atoms with Crippen LogP contribution in [0, 0.1) is 5.92 Å². The number of hydrogen-bond acceptors (Lipinski definition) is 4. The molecule has 4 heteroatoms. The van der Waals surface area contributed by atoms with E-state index >= 15 is 0 Å². The maximum Gasteiger partial charge on any atom is 0.320 e. The molecule has 0 spiro atoms. The van der Waals surface area contributed by atoms with Gasteiger partial charge < -0.3 is 9.47 Å². The quantitative estimate of drug-likeness (QED) is 0.514. The van der Waals surface area contributed by atoms with E-state index in [1.54, 1.807) is 27.7 Å². The zero-order valence-corrected chi connectivity index (χ0v) is 9.42. The first-order valence-corrected chi connectivity index (χ1v) is 4.67. The molecule has 0 heterocycles. The highest BCUT2D eigenvalue weighted by molar-refractivity contribution is 5.94. The minimum atomic E-state index is -0.853. The van der Waals surface area contributed by atoms with E-state index in [0.717, 1.165) is 0 Å². The summed E-state index contributed by atoms with van der Waals surface area (Å²) in [4.78, 5) is 22.5. The van der Waals surface area contributed by atoms with Crippen molar-refractivity contribution in [1.82, 2.24) is 0 Å². The lowest BCUT2D eigenvalue weighted by atomic mass is 10.1. The second-order valence-corrected chi connectivity index (χ2v) is 4.01. The van der Waals surface area contributed by atoms with Crippen molar-refractivity contribution in [1.29, 1.82) is 0 Å². The molecule has 0 aliphatic carbocycles. The first-order valence-electron chi connectivity index (χ1n) is 4.67. The van der Waals surface area contributed by atoms with Gasteiger partial charge in [0.1, 0.15) is 5.60 Å². The Kier molecular flexibility index (Phi) is 4.60. The fourth-order valence-electron chi connectivity index (χ4n) is 0.754. The normalized spacial score (nSPS) is 13.2. The van der Waals surface area contributed by atoms with E-state index in [9.17, 15) is 9.59 Å². The van der Waals surface area contributed by atoms with Gasteiger partial charge in [0.25, 0.3) is 0 Å². The lowest BCUT2D eigenvalue weighted by molar-refractivity contribution is -0.168. The van der Waals surface area contributed by atoms with E-state index < -0.39 is 23.5 Å². The van der Waals surface area contributed by atoms with Crippen LogP contribution in [0.5, 0.6) is 0 Å². The molecule has 0 radical (unpaired) electrons. The molecule has 0 aromatic carbocycles. The molecule has 0 N–H and O–H groups in total. The summed E-state index contributed by atoms with van der Waals surface area (Å²) in [6.45, 7) is 8.70. The third-order valence-corrected chi connectivity index (χ3v) is 1.40. The zero-order valence-electron chi connectivity index (χ0n) is 9.42. The van der Waals surface area contributed by atoms with Crippen molar-refractivity contribution in [2.75, 3.05) is 6.61 Å². The fourth-order valence-corrected chi connectivity index (χ4v) is 0.754. The van der Waals surface area contributed by atoms with Gasteiger partial charge in [-0.05, 0) is 34.6 Å². The third-order valence-electron chi connectivity index (χ3n) is 1.40. The van der Waals surface area contributed by atoms with Crippen LogP contribution in [-0.4, -0.2) is 24.1 Å². The Labute approximate surface area is 84.6 Å². The zero-order chi connectivity index (χ0) is 11.4. The van der Waals surface area contributed by atoms with Crippen LogP contribution in [0.15, 0.2) is 0 Å². The molecule has 0 aromatic heterocycles. The second-order valence-electron chi connectivity index (χ2n) is 4.01. The van der Waals surface area contributed by atoms with Crippen LogP contribution in [0.3, 0.4) is 0 Å². The molecule has 82 valence electrons. The molecule has 1 atom stereocenters. The summed E-state index contributed by atoms with van der Waals surface area (Å²) in [6.07, 6.45) is 0. The van der Waals surface area contributed by atoms with Crippen molar-refractivity contribution in [3.05, 3.63) is 0 Å². The molecule has 14 heavy (non-hydrogen) atoms. The summed E-state index contributed by atoms with van der Waals surface area (Å²) in [5.41, 5.74) is -0.572. The van der Waals surface area contributed by atoms with Gasteiger partial charge in [-0.3, -0.25) is 9.59 Å². The van der Waals surface area contributed by atoms with Gasteiger partial charge in [-0.2, -0.15) is 0 Å². The van der Waals surface area contributed by atoms with E-state index in [2.05, 4.69) is 0 Å². The molecule has 0 aliphatic rings. The summed E-state index contributed by atoms with van der Waals surface area (Å²) >= 11 is 0. The Morgan fingerprint density at radius 3 is 2.07 bits per heavy atom. The van der Waals surface area contributed by atoms with Crippen molar-refractivity contribution < 1.29 is 19.1 Å². The summed E-state index contributed by atoms with van der Waals surface area (Å²) < 4.78 is 9.73. The third kappa shape index (κ3) is 4.84. The molecule has 0 saturated carbocycles. The van der Waals surface area contributed by atoms with E-state index in [0.29, 0.717) is 0 Å². The second kappa shape index (κ2) is 4.98. The molecule has 0 aliphatic heterocycles. The highest BCUT2D eigenvalue weighted by Gasteiger charge is 2.27. The molecule has 0 bridgehead atoms. The summed E-state index contributed by atoms with van der Waals surface area (Å²) in [7, 11) is 0. The Morgan fingerprint density at radius 2 is 1.71 bits per heavy atom. The molecule has 0 rings (SSSR count). The summed E-state index contributed by atoms with van der Waals surface area (Å²) in [5.74, 6) is -1.94. The highest BCUT2D eigenvalue weighted by Crippen LogP contribution is 2.11. The SMILES string of the molecule is CCOC(=O)C(C)C(=O)OC(C)(C)C. The number of esters is 2. The maximum atomic E-state index is 11.4. The molecule has 0 amide bonds. The standard InChI is InChI=1S/C10H18O4/c1-6-13-8(11)7(2)9(12)14-10(3,4)5/h7H,6H2,1-5H3. The van der Waals surface area contributed by atoms with Crippen LogP contribution < -0.4 is 0 Å². The van der Waals surface area contributed by atoms with Gasteiger partial charge in [-0.1, -0.05) is 0 Å². The predicted molar refractivity (Wildman–Crippen MR) is 51.6 cm³/mol. The van der Waals surface area contributed by atoms with Gasteiger partial charge in [0.15, 0.2) is 5.92 Å². The predicted octanol–water partition coefficient (Wildman–Crippen LogP) is 1.53. The first-order chi connectivity index (χ1) is 6.28. The lowest BCUT2D eigenvalue weighted by Gasteiger charge is -2.21. The Balaban J connectivity index is 4.19. The topological polar surface area (TPSA) is 52.6 Å². The number of hydrogen-bond donors (Lipinski definition) is 0. The molecular weight excluding hydrogens is 184 g/mol. The fraction of sp³-hybridized carbons (Fsp3) is 0.800. The van der Waals surface area contributed by atoms with Gasteiger partial charge in [-0.15, -0.1) is 0 Å². The van der Waals surface area contributed by atoms with Crippen molar-refractivity contribution in [2.45, 2.75) is 40.2 Å². The van der Waals surface area contributed by atoms with Crippen LogP contribution in [0.1, 0.15) is 34.6 Å². The maximum absolute atomic E-state index is 11.4. The molecule has 0 aromatic rings. The smallest absolute Gasteiger partial charge is 0.320 e. The Morgan fingerprint density at radius 1 is 1.21 bits per heavy atom. The van der Waals surface area contributed by atoms with Crippen LogP contribution in [0.25, 0.3) is 0 Å². The summed E-state index contributed by atoms with van der Waals surface area (Å²) in [6, 6.07) is 0. The number of rotatable bonds is 3. The van der Waals surface area contributed by atoms with Crippen molar-refractivity contribution in [3.8, 4) is 0 Å². The molecule has 0 saturated heterocycles. The van der Waals surface area contributed by atoms with Crippen molar-refractivity contribution in [2.24, 2.45) is 5.92 Å². The van der Waals surface area contributed by atoms with E-state index in [1.165, 1.54) is 6.92 Å². The Hall–Kier alpha value is -1.06. The van der Waals surface area contributed by atoms with Crippen LogP contribution in [0.4, 0.5) is 0 Å². The van der Waals surface area contributed by atoms with Crippen molar-refractivity contribution in [3.63, 3.8) is 0 Å². The van der Waals surface area contributed by atoms with Gasteiger partial charge in [-0.25, -0.2) is 0 Å². The molecule has 0 fully saturated rings. The van der Waals surface area contributed by atoms with Gasteiger partial charge >= 0.3 is 11.9 Å². The van der Waals surface area contributed by atoms with E-state index in [4.69, 9.17) is 9.47 Å². The molecule has 4 nitrogen and oxygen atoms in total. The van der Waals surface area contributed by atoms with Gasteiger partial charge in [0.2, 0.25) is 0 Å². The summed E-state index contributed by atoms with van der Waals surface area (Å²) in [5, 5.41) is 0.